The Morgan fingerprint density at radius 2 is 1.77 bits per heavy atom. The second-order valence-corrected chi connectivity index (χ2v) is 11.8. The zero-order valence-electron chi connectivity index (χ0n) is 24.9. The van der Waals surface area contributed by atoms with Crippen molar-refractivity contribution in [1.82, 2.24) is 30.0 Å². The van der Waals surface area contributed by atoms with Gasteiger partial charge in [0.25, 0.3) is 11.4 Å². The van der Waals surface area contributed by atoms with Gasteiger partial charge in [0.05, 0.1) is 36.0 Å². The van der Waals surface area contributed by atoms with Gasteiger partial charge in [-0.15, -0.1) is 10.2 Å². The molecule has 4 rings (SSSR count). The maximum atomic E-state index is 13.4. The summed E-state index contributed by atoms with van der Waals surface area (Å²) in [4.78, 5) is 59.8. The number of anilines is 1. The molecule has 13 nitrogen and oxygen atoms in total. The van der Waals surface area contributed by atoms with Crippen LogP contribution < -0.4 is 16.2 Å². The lowest BCUT2D eigenvalue weighted by molar-refractivity contribution is -0.137. The van der Waals surface area contributed by atoms with Crippen molar-refractivity contribution >= 4 is 23.5 Å². The second-order valence-electron chi connectivity index (χ2n) is 11.8. The number of rotatable bonds is 9. The molecule has 1 aliphatic carbocycles. The molecule has 1 atom stereocenters. The third-order valence-electron chi connectivity index (χ3n) is 7.08. The van der Waals surface area contributed by atoms with Crippen LogP contribution in [-0.2, 0) is 33.1 Å². The predicted octanol–water partition coefficient (Wildman–Crippen LogP) is 3.62. The smallest absolute Gasteiger partial charge is 0.417 e. The van der Waals surface area contributed by atoms with Gasteiger partial charge in [-0.1, -0.05) is 34.6 Å². The van der Waals surface area contributed by atoms with E-state index in [4.69, 9.17) is 4.42 Å². The van der Waals surface area contributed by atoms with Crippen LogP contribution in [0.3, 0.4) is 0 Å². The van der Waals surface area contributed by atoms with Crippen LogP contribution in [0.25, 0.3) is 0 Å². The number of ether oxygens (including phenoxy) is 1. The highest BCUT2D eigenvalue weighted by Crippen LogP contribution is 2.52. The van der Waals surface area contributed by atoms with Gasteiger partial charge in [-0.2, -0.15) is 13.2 Å². The summed E-state index contributed by atoms with van der Waals surface area (Å²) in [6.07, 6.45) is -2.56. The molecule has 0 spiro atoms. The zero-order chi connectivity index (χ0) is 32.6. The normalized spacial score (nSPS) is 15.0. The Bertz CT molecular complexity index is 1620. The molecule has 1 aliphatic rings. The summed E-state index contributed by atoms with van der Waals surface area (Å²) in [7, 11) is 1.13. The standard InChI is InChI=1S/C28H32F3N7O6/c1-14(2)19(35-18(39)13-38-22(41)16(34-25(42)43-6)12-33-23(38)26(3,4)5)20(40)21-36-37-24(44-21)27(9-10-27)17-8-7-15(11-32-17)28(29,30)31/h7-8,11-12,14,19H,9-10,13H2,1-6H3,(H,34,42)(H,35,39)/t19-/m0/s1. The Morgan fingerprint density at radius 1 is 1.09 bits per heavy atom. The van der Waals surface area contributed by atoms with Gasteiger partial charge in [-0.05, 0) is 30.9 Å². The number of Topliss-reactive ketones (excluding diaryl/α,β-unsaturated/α-hetero) is 1. The molecule has 16 heteroatoms. The number of ketones is 1. The molecule has 0 aliphatic heterocycles. The SMILES string of the molecule is COC(=O)Nc1cnc(C(C)(C)C)n(CC(=O)N[C@H](C(=O)c2nnc(C3(c4ccc(C(F)(F)F)cn4)CC3)o2)C(C)C)c1=O. The van der Waals surface area contributed by atoms with Crippen LogP contribution in [0.1, 0.15) is 81.1 Å². The van der Waals surface area contributed by atoms with E-state index < -0.39 is 70.3 Å². The number of carbonyl (C=O) groups is 3. The van der Waals surface area contributed by atoms with Crippen molar-refractivity contribution in [3.05, 3.63) is 63.7 Å². The van der Waals surface area contributed by atoms with Crippen LogP contribution in [-0.4, -0.2) is 55.7 Å². The van der Waals surface area contributed by atoms with Crippen LogP contribution in [0, 0.1) is 5.92 Å². The molecule has 3 aromatic rings. The highest BCUT2D eigenvalue weighted by molar-refractivity contribution is 5.98. The average Bonchev–Trinajstić information content (AvgIpc) is 3.60. The maximum absolute atomic E-state index is 13.4. The van der Waals surface area contributed by atoms with Crippen LogP contribution in [0.2, 0.25) is 0 Å². The van der Waals surface area contributed by atoms with Crippen molar-refractivity contribution < 1.29 is 36.7 Å². The number of hydrogen-bond acceptors (Lipinski definition) is 10. The summed E-state index contributed by atoms with van der Waals surface area (Å²) in [5, 5.41) is 12.7. The van der Waals surface area contributed by atoms with Gasteiger partial charge >= 0.3 is 12.3 Å². The van der Waals surface area contributed by atoms with Gasteiger partial charge in [0.2, 0.25) is 17.6 Å². The molecule has 44 heavy (non-hydrogen) atoms. The number of aromatic nitrogens is 5. The number of alkyl halides is 3. The highest BCUT2D eigenvalue weighted by atomic mass is 19.4. The van der Waals surface area contributed by atoms with Crippen LogP contribution in [0.5, 0.6) is 0 Å². The molecule has 236 valence electrons. The van der Waals surface area contributed by atoms with Gasteiger partial charge in [-0.25, -0.2) is 9.78 Å². The lowest BCUT2D eigenvalue weighted by Crippen LogP contribution is -2.47. The highest BCUT2D eigenvalue weighted by Gasteiger charge is 2.52. The number of nitrogens with zero attached hydrogens (tertiary/aromatic N) is 5. The summed E-state index contributed by atoms with van der Waals surface area (Å²) in [6, 6.07) is 1.03. The molecule has 0 radical (unpaired) electrons. The summed E-state index contributed by atoms with van der Waals surface area (Å²) in [5.74, 6) is -1.94. The Hall–Kier alpha value is -4.63. The number of amides is 2. The maximum Gasteiger partial charge on any atom is 0.417 e. The first-order valence-electron chi connectivity index (χ1n) is 13.6. The van der Waals surface area contributed by atoms with E-state index in [0.717, 1.165) is 23.9 Å². The topological polar surface area (TPSA) is 171 Å². The van der Waals surface area contributed by atoms with Crippen LogP contribution in [0.15, 0.2) is 33.7 Å². The third-order valence-corrected chi connectivity index (χ3v) is 7.08. The quantitative estimate of drug-likeness (QED) is 0.337. The Kier molecular flexibility index (Phi) is 8.66. The van der Waals surface area contributed by atoms with Gasteiger partial charge < -0.3 is 14.5 Å². The molecule has 2 N–H and O–H groups in total. The summed E-state index contributed by atoms with van der Waals surface area (Å²) in [6.45, 7) is 8.21. The largest absolute Gasteiger partial charge is 0.453 e. The summed E-state index contributed by atoms with van der Waals surface area (Å²) >= 11 is 0. The number of pyridine rings is 1. The lowest BCUT2D eigenvalue weighted by Gasteiger charge is -2.24. The third kappa shape index (κ3) is 6.63. The molecule has 0 aromatic carbocycles. The van der Waals surface area contributed by atoms with E-state index in [1.807, 2.05) is 0 Å². The minimum atomic E-state index is -4.54. The first-order valence-corrected chi connectivity index (χ1v) is 13.6. The zero-order valence-corrected chi connectivity index (χ0v) is 24.9. The molecule has 3 heterocycles. The Morgan fingerprint density at radius 3 is 2.30 bits per heavy atom. The molecular formula is C28H32F3N7O6. The number of halogens is 3. The summed E-state index contributed by atoms with van der Waals surface area (Å²) < 4.78 is 50.3. The van der Waals surface area contributed by atoms with E-state index in [9.17, 15) is 32.3 Å². The molecule has 0 saturated heterocycles. The first kappa shape index (κ1) is 32.3. The van der Waals surface area contributed by atoms with Crippen LogP contribution >= 0.6 is 0 Å². The Balaban J connectivity index is 1.55. The molecule has 2 amide bonds. The van der Waals surface area contributed by atoms with E-state index >= 15 is 0 Å². The van der Waals surface area contributed by atoms with Crippen LogP contribution in [0.4, 0.5) is 23.7 Å². The average molecular weight is 620 g/mol. The van der Waals surface area contributed by atoms with Crippen molar-refractivity contribution in [1.29, 1.82) is 0 Å². The number of carbonyl (C=O) groups excluding carboxylic acids is 3. The van der Waals surface area contributed by atoms with E-state index in [1.165, 1.54) is 12.3 Å². The molecule has 3 aromatic heterocycles. The molecule has 0 unspecified atom stereocenters. The van der Waals surface area contributed by atoms with E-state index in [2.05, 4.69) is 35.5 Å². The van der Waals surface area contributed by atoms with E-state index in [1.54, 1.807) is 34.6 Å². The van der Waals surface area contributed by atoms with E-state index in [-0.39, 0.29) is 17.4 Å². The first-order chi connectivity index (χ1) is 20.5. The fraction of sp³-hybridized carbons (Fsp3) is 0.500. The van der Waals surface area contributed by atoms with Crippen molar-refractivity contribution in [3.8, 4) is 0 Å². The fourth-order valence-electron chi connectivity index (χ4n) is 4.58. The lowest BCUT2D eigenvalue weighted by atomic mass is 9.95. The van der Waals surface area contributed by atoms with Crippen molar-refractivity contribution in [3.63, 3.8) is 0 Å². The van der Waals surface area contributed by atoms with Gasteiger partial charge in [0, 0.05) is 11.6 Å². The van der Waals surface area contributed by atoms with Gasteiger partial charge in [0.1, 0.15) is 18.1 Å². The second kappa shape index (κ2) is 11.8. The molecule has 1 fully saturated rings. The van der Waals surface area contributed by atoms with Crippen molar-refractivity contribution in [2.75, 3.05) is 12.4 Å². The minimum Gasteiger partial charge on any atom is -0.453 e. The minimum absolute atomic E-state index is 0.0318. The number of methoxy groups -OCH3 is 1. The Labute approximate surface area is 249 Å². The number of hydrogen-bond donors (Lipinski definition) is 2. The van der Waals surface area contributed by atoms with E-state index in [0.29, 0.717) is 18.5 Å². The summed E-state index contributed by atoms with van der Waals surface area (Å²) in [5.41, 5.74) is -3.08. The van der Waals surface area contributed by atoms with Crippen molar-refractivity contribution in [2.24, 2.45) is 5.92 Å². The van der Waals surface area contributed by atoms with Gasteiger partial charge in [-0.3, -0.25) is 29.3 Å². The molecule has 0 bridgehead atoms. The monoisotopic (exact) mass is 619 g/mol. The van der Waals surface area contributed by atoms with Gasteiger partial charge in [0.15, 0.2) is 0 Å². The van der Waals surface area contributed by atoms with Crippen molar-refractivity contribution in [2.45, 2.75) is 77.1 Å². The predicted molar refractivity (Wildman–Crippen MR) is 148 cm³/mol. The molecular weight excluding hydrogens is 587 g/mol. The molecule has 1 saturated carbocycles. The fourth-order valence-corrected chi connectivity index (χ4v) is 4.58. The number of nitrogens with one attached hydrogen (secondary N) is 2.